The number of rotatable bonds is 2. The Morgan fingerprint density at radius 2 is 2.29 bits per heavy atom. The predicted octanol–water partition coefficient (Wildman–Crippen LogP) is 2.87. The molecule has 0 unspecified atom stereocenters. The van der Waals surface area contributed by atoms with E-state index in [1.807, 2.05) is 6.92 Å². The van der Waals surface area contributed by atoms with Crippen LogP contribution in [0.3, 0.4) is 0 Å². The molecule has 2 aromatic rings. The molecule has 14 heavy (non-hydrogen) atoms. The first-order chi connectivity index (χ1) is 6.72. The lowest BCUT2D eigenvalue weighted by molar-refractivity contribution is 0.970. The molecule has 0 aliphatic rings. The zero-order valence-electron chi connectivity index (χ0n) is 7.88. The van der Waals surface area contributed by atoms with Crippen LogP contribution >= 0.6 is 27.5 Å². The minimum atomic E-state index is 0.689. The van der Waals surface area contributed by atoms with E-state index >= 15 is 0 Å². The maximum atomic E-state index is 5.54. The van der Waals surface area contributed by atoms with E-state index in [9.17, 15) is 0 Å². The summed E-state index contributed by atoms with van der Waals surface area (Å²) in [7, 11) is 0. The molecule has 0 atom stereocenters. The highest BCUT2D eigenvalue weighted by Crippen LogP contribution is 2.31. The van der Waals surface area contributed by atoms with Gasteiger partial charge in [-0.15, -0.1) is 0 Å². The first-order valence-corrected chi connectivity index (χ1v) is 6.03. The molecule has 0 aliphatic carbocycles. The maximum absolute atomic E-state index is 5.54. The van der Waals surface area contributed by atoms with Crippen molar-refractivity contribution < 1.29 is 0 Å². The molecule has 0 saturated heterocycles. The molecule has 1 aromatic carbocycles. The minimum absolute atomic E-state index is 0.689. The molecule has 0 amide bonds. The lowest BCUT2D eigenvalue weighted by Gasteiger charge is -2.01. The molecule has 0 aliphatic heterocycles. The van der Waals surface area contributed by atoms with Crippen LogP contribution < -0.4 is 5.73 Å². The van der Waals surface area contributed by atoms with E-state index in [1.54, 1.807) is 0 Å². The van der Waals surface area contributed by atoms with Gasteiger partial charge in [0.2, 0.25) is 0 Å². The summed E-state index contributed by atoms with van der Waals surface area (Å²) in [6.45, 7) is 2.73. The van der Waals surface area contributed by atoms with Crippen LogP contribution in [0.1, 0.15) is 11.3 Å². The first kappa shape index (κ1) is 10.1. The molecule has 2 nitrogen and oxygen atoms in total. The molecular weight excluding hydrogens is 260 g/mol. The number of hydrogen-bond donors (Lipinski definition) is 1. The molecule has 0 spiro atoms. The Balaban J connectivity index is 2.63. The van der Waals surface area contributed by atoms with Gasteiger partial charge in [0.15, 0.2) is 0 Å². The second-order valence-corrected chi connectivity index (χ2v) is 4.89. The number of aromatic nitrogens is 1. The average Bonchev–Trinajstić information content (AvgIpc) is 2.49. The summed E-state index contributed by atoms with van der Waals surface area (Å²) in [6, 6.07) is 4.32. The summed E-state index contributed by atoms with van der Waals surface area (Å²) in [5.74, 6) is 0. The molecule has 74 valence electrons. The molecule has 1 aromatic heterocycles. The Morgan fingerprint density at radius 3 is 3.00 bits per heavy atom. The number of benzene rings is 1. The van der Waals surface area contributed by atoms with Crippen LogP contribution in [0.15, 0.2) is 16.6 Å². The van der Waals surface area contributed by atoms with Gasteiger partial charge in [0.25, 0.3) is 0 Å². The van der Waals surface area contributed by atoms with E-state index < -0.39 is 0 Å². The van der Waals surface area contributed by atoms with Crippen LogP contribution in [-0.4, -0.2) is 10.9 Å². The van der Waals surface area contributed by atoms with Gasteiger partial charge in [-0.1, -0.05) is 0 Å². The van der Waals surface area contributed by atoms with Gasteiger partial charge in [0, 0.05) is 9.86 Å². The number of halogens is 1. The summed E-state index contributed by atoms with van der Waals surface area (Å²) in [5.41, 5.74) is 7.91. The first-order valence-electron chi connectivity index (χ1n) is 4.47. The van der Waals surface area contributed by atoms with Crippen molar-refractivity contribution in [2.75, 3.05) is 6.54 Å². The molecule has 2 N–H and O–H groups in total. The van der Waals surface area contributed by atoms with Gasteiger partial charge in [0.1, 0.15) is 0 Å². The van der Waals surface area contributed by atoms with E-state index in [0.717, 1.165) is 16.6 Å². The van der Waals surface area contributed by atoms with Crippen LogP contribution in [0.5, 0.6) is 0 Å². The Morgan fingerprint density at radius 1 is 1.50 bits per heavy atom. The van der Waals surface area contributed by atoms with Crippen molar-refractivity contribution in [2.24, 2.45) is 5.73 Å². The van der Waals surface area contributed by atoms with Crippen LogP contribution in [-0.2, 0) is 6.42 Å². The number of nitrogens with two attached hydrogens (primary N) is 1. The molecule has 0 bridgehead atoms. The zero-order chi connectivity index (χ0) is 10.1. The normalized spacial score (nSPS) is 11.1. The van der Waals surface area contributed by atoms with Crippen molar-refractivity contribution in [1.29, 1.82) is 0 Å². The average molecular weight is 271 g/mol. The lowest BCUT2D eigenvalue weighted by atomic mass is 10.1. The van der Waals surface area contributed by atoms with Crippen molar-refractivity contribution in [1.82, 2.24) is 4.37 Å². The Bertz CT molecular complexity index is 464. The summed E-state index contributed by atoms with van der Waals surface area (Å²) in [6.07, 6.45) is 0.920. The molecular formula is C10H11BrN2S. The van der Waals surface area contributed by atoms with Crippen molar-refractivity contribution in [3.05, 3.63) is 27.9 Å². The van der Waals surface area contributed by atoms with Crippen LogP contribution in [0.4, 0.5) is 0 Å². The third-order valence-corrected chi connectivity index (χ3v) is 4.08. The van der Waals surface area contributed by atoms with Gasteiger partial charge in [-0.25, -0.2) is 0 Å². The number of aryl methyl sites for hydroxylation is 1. The van der Waals surface area contributed by atoms with Crippen molar-refractivity contribution in [2.45, 2.75) is 13.3 Å². The van der Waals surface area contributed by atoms with E-state index in [2.05, 4.69) is 32.4 Å². The molecule has 2 rings (SSSR count). The smallest absolute Gasteiger partial charge is 0.0694 e. The quantitative estimate of drug-likeness (QED) is 0.912. The molecule has 4 heteroatoms. The SMILES string of the molecule is Cc1nsc2c(Br)cc(CCN)cc12. The monoisotopic (exact) mass is 270 g/mol. The van der Waals surface area contributed by atoms with E-state index in [-0.39, 0.29) is 0 Å². The standard InChI is InChI=1S/C10H11BrN2S/c1-6-8-4-7(2-3-12)5-9(11)10(8)14-13-6/h4-5H,2-3,12H2,1H3. The van der Waals surface area contributed by atoms with Crippen LogP contribution in [0.2, 0.25) is 0 Å². The van der Waals surface area contributed by atoms with Gasteiger partial charge in [0.05, 0.1) is 10.4 Å². The Hall–Kier alpha value is -0.450. The molecule has 0 saturated carbocycles. The van der Waals surface area contributed by atoms with E-state index in [4.69, 9.17) is 5.73 Å². The van der Waals surface area contributed by atoms with Crippen molar-refractivity contribution >= 4 is 37.5 Å². The highest BCUT2D eigenvalue weighted by Gasteiger charge is 2.07. The van der Waals surface area contributed by atoms with Crippen molar-refractivity contribution in [3.8, 4) is 0 Å². The van der Waals surface area contributed by atoms with Gasteiger partial charge in [-0.05, 0) is 65.0 Å². The fraction of sp³-hybridized carbons (Fsp3) is 0.300. The zero-order valence-corrected chi connectivity index (χ0v) is 10.3. The number of fused-ring (bicyclic) bond motifs is 1. The Kier molecular flexibility index (Phi) is 2.85. The van der Waals surface area contributed by atoms with Gasteiger partial charge in [-0.3, -0.25) is 0 Å². The van der Waals surface area contributed by atoms with E-state index in [1.165, 1.54) is 27.2 Å². The summed E-state index contributed by atoms with van der Waals surface area (Å²) in [4.78, 5) is 0. The second-order valence-electron chi connectivity index (χ2n) is 3.26. The Labute approximate surface area is 95.4 Å². The van der Waals surface area contributed by atoms with Crippen LogP contribution in [0.25, 0.3) is 10.1 Å². The fourth-order valence-corrected chi connectivity index (χ4v) is 2.99. The molecule has 1 heterocycles. The summed E-state index contributed by atoms with van der Waals surface area (Å²) >= 11 is 5.10. The van der Waals surface area contributed by atoms with Gasteiger partial charge in [-0.2, -0.15) is 4.37 Å². The predicted molar refractivity (Wildman–Crippen MR) is 64.8 cm³/mol. The molecule has 0 radical (unpaired) electrons. The summed E-state index contributed by atoms with van der Waals surface area (Å²) in [5, 5.41) is 1.24. The lowest BCUT2D eigenvalue weighted by Crippen LogP contribution is -2.02. The van der Waals surface area contributed by atoms with E-state index in [0.29, 0.717) is 6.54 Å². The van der Waals surface area contributed by atoms with Crippen molar-refractivity contribution in [3.63, 3.8) is 0 Å². The fourth-order valence-electron chi connectivity index (χ4n) is 1.49. The second kappa shape index (κ2) is 3.96. The van der Waals surface area contributed by atoms with Gasteiger partial charge >= 0.3 is 0 Å². The number of nitrogens with zero attached hydrogens (tertiary/aromatic N) is 1. The maximum Gasteiger partial charge on any atom is 0.0694 e. The largest absolute Gasteiger partial charge is 0.330 e. The topological polar surface area (TPSA) is 38.9 Å². The third-order valence-electron chi connectivity index (χ3n) is 2.20. The highest BCUT2D eigenvalue weighted by molar-refractivity contribution is 9.10. The minimum Gasteiger partial charge on any atom is -0.330 e. The summed E-state index contributed by atoms with van der Waals surface area (Å²) < 4.78 is 6.69. The highest BCUT2D eigenvalue weighted by atomic mass is 79.9. The number of hydrogen-bond acceptors (Lipinski definition) is 3. The molecule has 0 fully saturated rings. The van der Waals surface area contributed by atoms with Crippen LogP contribution in [0, 0.1) is 6.92 Å². The third kappa shape index (κ3) is 1.69. The van der Waals surface area contributed by atoms with Gasteiger partial charge < -0.3 is 5.73 Å².